The van der Waals surface area contributed by atoms with E-state index in [1.165, 1.54) is 28.2 Å². The average Bonchev–Trinajstić information content (AvgIpc) is 2.98. The number of nitrogens with two attached hydrogens (primary N) is 1. The molecule has 0 fully saturated rings. The molecule has 1 heterocycles. The van der Waals surface area contributed by atoms with E-state index in [0.717, 1.165) is 6.42 Å². The number of nitrogens with one attached hydrogen (secondary N) is 1. The minimum atomic E-state index is -0.0986. The summed E-state index contributed by atoms with van der Waals surface area (Å²) in [7, 11) is 0. The Bertz CT molecular complexity index is 593. The normalized spacial score (nSPS) is 11.0. The fourth-order valence-electron chi connectivity index (χ4n) is 2.05. The second-order valence-corrected chi connectivity index (χ2v) is 7.79. The highest BCUT2D eigenvalue weighted by Crippen LogP contribution is 2.20. The summed E-state index contributed by atoms with van der Waals surface area (Å²) in [4.78, 5) is 25.6. The van der Waals surface area contributed by atoms with E-state index < -0.39 is 0 Å². The molecule has 3 N–H and O–H groups in total. The molecule has 0 bridgehead atoms. The molecule has 154 valence electrons. The van der Waals surface area contributed by atoms with Gasteiger partial charge in [-0.1, -0.05) is 23.5 Å². The number of nitrogen functional groups attached to an aromatic ring is 1. The van der Waals surface area contributed by atoms with Crippen LogP contribution in [0.3, 0.4) is 0 Å². The Balaban J connectivity index is 2.34. The Morgan fingerprint density at radius 3 is 2.33 bits per heavy atom. The molecule has 0 spiro atoms. The second-order valence-electron chi connectivity index (χ2n) is 5.90. The van der Waals surface area contributed by atoms with Crippen LogP contribution in [0.15, 0.2) is 10.3 Å². The van der Waals surface area contributed by atoms with Crippen molar-refractivity contribution in [3.63, 3.8) is 0 Å². The van der Waals surface area contributed by atoms with E-state index in [9.17, 15) is 9.59 Å². The van der Waals surface area contributed by atoms with Crippen LogP contribution in [-0.4, -0.2) is 75.4 Å². The summed E-state index contributed by atoms with van der Waals surface area (Å²) >= 11 is 2.44. The molecule has 0 unspecified atom stereocenters. The molecule has 9 nitrogen and oxygen atoms in total. The van der Waals surface area contributed by atoms with Crippen molar-refractivity contribution in [3.8, 4) is 0 Å². The number of thioether (sulfide) groups is 2. The van der Waals surface area contributed by atoms with Gasteiger partial charge < -0.3 is 20.8 Å². The van der Waals surface area contributed by atoms with Crippen LogP contribution >= 0.6 is 23.5 Å². The zero-order chi connectivity index (χ0) is 20.2. The fourth-order valence-corrected chi connectivity index (χ4v) is 3.56. The maximum absolute atomic E-state index is 12.0. The highest BCUT2D eigenvalue weighted by atomic mass is 32.2. The zero-order valence-electron chi connectivity index (χ0n) is 16.4. The lowest BCUT2D eigenvalue weighted by Crippen LogP contribution is -2.32. The average molecular weight is 419 g/mol. The zero-order valence-corrected chi connectivity index (χ0v) is 18.1. The van der Waals surface area contributed by atoms with E-state index >= 15 is 0 Å². The molecule has 0 saturated carbocycles. The van der Waals surface area contributed by atoms with Gasteiger partial charge in [0.2, 0.25) is 22.1 Å². The van der Waals surface area contributed by atoms with E-state index in [1.807, 2.05) is 27.7 Å². The quantitative estimate of drug-likeness (QED) is 0.277. The van der Waals surface area contributed by atoms with Crippen molar-refractivity contribution in [1.82, 2.24) is 25.1 Å². The van der Waals surface area contributed by atoms with E-state index in [4.69, 9.17) is 10.6 Å². The third-order valence-corrected chi connectivity index (χ3v) is 5.37. The molecule has 0 aliphatic heterocycles. The smallest absolute Gasteiger partial charge is 0.233 e. The summed E-state index contributed by atoms with van der Waals surface area (Å²) in [5, 5.41) is 11.7. The van der Waals surface area contributed by atoms with Crippen LogP contribution in [0.1, 0.15) is 34.1 Å². The molecule has 0 aliphatic carbocycles. The monoisotopic (exact) mass is 418 g/mol. The van der Waals surface area contributed by atoms with Crippen molar-refractivity contribution < 1.29 is 14.3 Å². The largest absolute Gasteiger partial charge is 0.379 e. The van der Waals surface area contributed by atoms with Crippen LogP contribution in [0.2, 0.25) is 0 Å². The number of hydrogen-bond donors (Lipinski definition) is 2. The summed E-state index contributed by atoms with van der Waals surface area (Å²) in [6.45, 7) is 10.4. The molecule has 1 aromatic heterocycles. The highest BCUT2D eigenvalue weighted by molar-refractivity contribution is 8.00. The van der Waals surface area contributed by atoms with Gasteiger partial charge in [0.05, 0.1) is 17.6 Å². The molecule has 11 heteroatoms. The predicted octanol–water partition coefficient (Wildman–Crippen LogP) is 0.976. The first kappa shape index (κ1) is 23.6. The third kappa shape index (κ3) is 8.85. The van der Waals surface area contributed by atoms with Crippen molar-refractivity contribution in [1.29, 1.82) is 0 Å². The van der Waals surface area contributed by atoms with Gasteiger partial charge in [0, 0.05) is 26.2 Å². The van der Waals surface area contributed by atoms with Crippen molar-refractivity contribution in [2.45, 2.75) is 50.5 Å². The molecule has 2 amide bonds. The summed E-state index contributed by atoms with van der Waals surface area (Å²) < 4.78 is 6.73. The Kier molecular flexibility index (Phi) is 11.2. The molecule has 27 heavy (non-hydrogen) atoms. The van der Waals surface area contributed by atoms with Crippen molar-refractivity contribution in [3.05, 3.63) is 0 Å². The maximum Gasteiger partial charge on any atom is 0.233 e. The van der Waals surface area contributed by atoms with Crippen LogP contribution < -0.4 is 11.2 Å². The van der Waals surface area contributed by atoms with Crippen molar-refractivity contribution >= 4 is 35.3 Å². The molecule has 1 aromatic rings. The second kappa shape index (κ2) is 12.8. The lowest BCUT2D eigenvalue weighted by Gasteiger charge is -2.17. The maximum atomic E-state index is 12.0. The molecule has 0 aliphatic rings. The lowest BCUT2D eigenvalue weighted by molar-refractivity contribution is -0.128. The molecule has 0 radical (unpaired) electrons. The number of amides is 2. The Hall–Kier alpha value is -1.46. The number of hydrogen-bond acceptors (Lipinski definition) is 8. The van der Waals surface area contributed by atoms with Gasteiger partial charge in [0.25, 0.3) is 0 Å². The van der Waals surface area contributed by atoms with E-state index in [0.29, 0.717) is 36.6 Å². The Morgan fingerprint density at radius 1 is 1.19 bits per heavy atom. The van der Waals surface area contributed by atoms with Gasteiger partial charge in [-0.25, -0.2) is 4.68 Å². The number of carbonyl (C=O) groups is 2. The number of ether oxygens (including phenoxy) is 1. The van der Waals surface area contributed by atoms with Gasteiger partial charge in [0.1, 0.15) is 0 Å². The van der Waals surface area contributed by atoms with E-state index in [-0.39, 0.29) is 29.4 Å². The number of nitrogens with zero attached hydrogens (tertiary/aromatic N) is 4. The van der Waals surface area contributed by atoms with Gasteiger partial charge in [-0.3, -0.25) is 9.59 Å². The van der Waals surface area contributed by atoms with Gasteiger partial charge in [0.15, 0.2) is 0 Å². The van der Waals surface area contributed by atoms with Gasteiger partial charge >= 0.3 is 0 Å². The molecule has 1 rings (SSSR count). The van der Waals surface area contributed by atoms with Crippen LogP contribution in [0.5, 0.6) is 0 Å². The van der Waals surface area contributed by atoms with E-state index in [1.54, 1.807) is 4.90 Å². The van der Waals surface area contributed by atoms with Crippen LogP contribution in [0, 0.1) is 0 Å². The topological polar surface area (TPSA) is 115 Å². The first-order chi connectivity index (χ1) is 12.9. The first-order valence-electron chi connectivity index (χ1n) is 9.01. The van der Waals surface area contributed by atoms with Crippen molar-refractivity contribution in [2.75, 3.05) is 43.6 Å². The number of carbonyl (C=O) groups excluding carboxylic acids is 2. The third-order valence-electron chi connectivity index (χ3n) is 3.50. The van der Waals surface area contributed by atoms with Crippen LogP contribution in [0.25, 0.3) is 0 Å². The van der Waals surface area contributed by atoms with Gasteiger partial charge in [-0.15, -0.1) is 10.2 Å². The molecular weight excluding hydrogens is 388 g/mol. The minimum Gasteiger partial charge on any atom is -0.379 e. The predicted molar refractivity (Wildman–Crippen MR) is 108 cm³/mol. The minimum absolute atomic E-state index is 0.0306. The van der Waals surface area contributed by atoms with Crippen LogP contribution in [-0.2, 0) is 14.3 Å². The summed E-state index contributed by atoms with van der Waals surface area (Å²) in [5.74, 6) is 6.34. The summed E-state index contributed by atoms with van der Waals surface area (Å²) in [6, 6.07) is 0. The molecular formula is C16H30N6O3S2. The molecule has 0 atom stereocenters. The SMILES string of the molecule is CCN(CC)C(=O)CSc1nnc(SCC(=O)NCCCOC(C)C)n1N. The molecule has 0 saturated heterocycles. The Morgan fingerprint density at radius 2 is 1.78 bits per heavy atom. The van der Waals surface area contributed by atoms with Gasteiger partial charge in [-0.05, 0) is 34.1 Å². The van der Waals surface area contributed by atoms with Crippen LogP contribution in [0.4, 0.5) is 0 Å². The highest BCUT2D eigenvalue weighted by Gasteiger charge is 2.16. The molecule has 0 aromatic carbocycles. The summed E-state index contributed by atoms with van der Waals surface area (Å²) in [5.41, 5.74) is 0. The fraction of sp³-hybridized carbons (Fsp3) is 0.750. The standard InChI is InChI=1S/C16H30N6O3S2/c1-5-21(6-2)14(24)11-27-16-20-19-15(22(16)17)26-10-13(23)18-8-7-9-25-12(3)4/h12H,5-11,17H2,1-4H3,(H,18,23). The lowest BCUT2D eigenvalue weighted by atomic mass is 10.4. The first-order valence-corrected chi connectivity index (χ1v) is 11.0. The summed E-state index contributed by atoms with van der Waals surface area (Å²) in [6.07, 6.45) is 0.963. The Labute approximate surface area is 169 Å². The number of aromatic nitrogens is 3. The van der Waals surface area contributed by atoms with Crippen molar-refractivity contribution in [2.24, 2.45) is 0 Å². The van der Waals surface area contributed by atoms with Gasteiger partial charge in [-0.2, -0.15) is 0 Å². The van der Waals surface area contributed by atoms with E-state index in [2.05, 4.69) is 15.5 Å². The number of rotatable bonds is 13.